The highest BCUT2D eigenvalue weighted by Crippen LogP contribution is 2.45. The van der Waals surface area contributed by atoms with Gasteiger partial charge in [0.25, 0.3) is 0 Å². The number of carbonyl (C=O) groups is 1. The van der Waals surface area contributed by atoms with Crippen LogP contribution in [0.15, 0.2) is 12.4 Å². The lowest BCUT2D eigenvalue weighted by Crippen LogP contribution is -2.16. The normalized spacial score (nSPS) is 26.9. The Morgan fingerprint density at radius 3 is 2.89 bits per heavy atom. The highest BCUT2D eigenvalue weighted by Gasteiger charge is 2.40. The van der Waals surface area contributed by atoms with E-state index in [1.54, 1.807) is 12.4 Å². The van der Waals surface area contributed by atoms with E-state index in [4.69, 9.17) is 0 Å². The number of rotatable bonds is 3. The van der Waals surface area contributed by atoms with Crippen LogP contribution in [0, 0.1) is 11.8 Å². The van der Waals surface area contributed by atoms with E-state index in [0.29, 0.717) is 11.6 Å². The standard InChI is InChI=1S/C13H15N3O2S/c1-2-7-5-8(9(6-7)13(17)18)11-16-10-12(19-11)15-4-3-14-10/h3-4,7-9H,2,5-6H2,1H3,(H,17,18). The summed E-state index contributed by atoms with van der Waals surface area (Å²) < 4.78 is 0. The third-order valence-corrected chi connectivity index (χ3v) is 5.02. The highest BCUT2D eigenvalue weighted by atomic mass is 32.1. The minimum absolute atomic E-state index is 0.0171. The van der Waals surface area contributed by atoms with Gasteiger partial charge in [-0.05, 0) is 18.8 Å². The number of fused-ring (bicyclic) bond motifs is 1. The molecule has 0 saturated heterocycles. The van der Waals surface area contributed by atoms with Gasteiger partial charge in [-0.2, -0.15) is 0 Å². The maximum atomic E-state index is 11.4. The molecule has 2 aromatic rings. The Labute approximate surface area is 114 Å². The van der Waals surface area contributed by atoms with Crippen molar-refractivity contribution in [2.75, 3.05) is 0 Å². The van der Waals surface area contributed by atoms with Crippen molar-refractivity contribution in [3.63, 3.8) is 0 Å². The fourth-order valence-corrected chi connectivity index (χ4v) is 3.92. The van der Waals surface area contributed by atoms with E-state index in [0.717, 1.165) is 29.1 Å². The average molecular weight is 277 g/mol. The van der Waals surface area contributed by atoms with E-state index in [1.165, 1.54) is 11.3 Å². The fourth-order valence-electron chi connectivity index (χ4n) is 2.87. The van der Waals surface area contributed by atoms with E-state index < -0.39 is 5.97 Å². The third kappa shape index (κ3) is 2.20. The number of thiazole rings is 1. The maximum Gasteiger partial charge on any atom is 0.307 e. The second kappa shape index (κ2) is 4.85. The van der Waals surface area contributed by atoms with Gasteiger partial charge in [-0.3, -0.25) is 4.79 Å². The molecule has 0 bridgehead atoms. The molecule has 5 nitrogen and oxygen atoms in total. The van der Waals surface area contributed by atoms with Gasteiger partial charge in [0.15, 0.2) is 10.5 Å². The molecule has 6 heteroatoms. The maximum absolute atomic E-state index is 11.4. The lowest BCUT2D eigenvalue weighted by Gasteiger charge is -2.11. The van der Waals surface area contributed by atoms with Crippen LogP contribution in [0.4, 0.5) is 0 Å². The van der Waals surface area contributed by atoms with Gasteiger partial charge in [0.2, 0.25) is 0 Å². The lowest BCUT2D eigenvalue weighted by molar-refractivity contribution is -0.142. The van der Waals surface area contributed by atoms with Crippen LogP contribution in [0.1, 0.15) is 37.1 Å². The first-order valence-electron chi connectivity index (χ1n) is 6.49. The molecular weight excluding hydrogens is 262 g/mol. The summed E-state index contributed by atoms with van der Waals surface area (Å²) in [6, 6.07) is 0. The lowest BCUT2D eigenvalue weighted by atomic mass is 9.97. The largest absolute Gasteiger partial charge is 0.481 e. The Morgan fingerprint density at radius 1 is 1.42 bits per heavy atom. The number of carboxylic acids is 1. The zero-order valence-electron chi connectivity index (χ0n) is 10.6. The van der Waals surface area contributed by atoms with Gasteiger partial charge in [0, 0.05) is 18.3 Å². The second-order valence-corrected chi connectivity index (χ2v) is 6.04. The molecule has 2 heterocycles. The van der Waals surface area contributed by atoms with Gasteiger partial charge in [-0.15, -0.1) is 0 Å². The van der Waals surface area contributed by atoms with Crippen LogP contribution >= 0.6 is 11.3 Å². The predicted octanol–water partition coefficient (Wildman–Crippen LogP) is 2.69. The first-order chi connectivity index (χ1) is 9.19. The summed E-state index contributed by atoms with van der Waals surface area (Å²) in [6.07, 6.45) is 5.95. The molecule has 3 unspecified atom stereocenters. The Kier molecular flexibility index (Phi) is 3.18. The van der Waals surface area contributed by atoms with Crippen molar-refractivity contribution in [2.45, 2.75) is 32.1 Å². The van der Waals surface area contributed by atoms with Crippen LogP contribution in [0.5, 0.6) is 0 Å². The van der Waals surface area contributed by atoms with Gasteiger partial charge in [0.1, 0.15) is 5.01 Å². The second-order valence-electron chi connectivity index (χ2n) is 5.03. The minimum Gasteiger partial charge on any atom is -0.481 e. The van der Waals surface area contributed by atoms with E-state index >= 15 is 0 Å². The first-order valence-corrected chi connectivity index (χ1v) is 7.31. The number of hydrogen-bond donors (Lipinski definition) is 1. The smallest absolute Gasteiger partial charge is 0.307 e. The van der Waals surface area contributed by atoms with Crippen molar-refractivity contribution < 1.29 is 9.90 Å². The third-order valence-electron chi connectivity index (χ3n) is 3.94. The molecule has 1 fully saturated rings. The van der Waals surface area contributed by atoms with E-state index in [-0.39, 0.29) is 11.8 Å². The predicted molar refractivity (Wildman–Crippen MR) is 72.1 cm³/mol. The molecule has 100 valence electrons. The molecule has 0 amide bonds. The topological polar surface area (TPSA) is 76.0 Å². The molecule has 2 aromatic heterocycles. The molecule has 19 heavy (non-hydrogen) atoms. The molecule has 3 atom stereocenters. The number of aliphatic carboxylic acids is 1. The van der Waals surface area contributed by atoms with Gasteiger partial charge in [0.05, 0.1) is 5.92 Å². The fraction of sp³-hybridized carbons (Fsp3) is 0.538. The number of nitrogens with zero attached hydrogens (tertiary/aromatic N) is 3. The Balaban J connectivity index is 1.97. The van der Waals surface area contributed by atoms with Crippen LogP contribution in [0.2, 0.25) is 0 Å². The van der Waals surface area contributed by atoms with Crippen LogP contribution in [-0.4, -0.2) is 26.0 Å². The van der Waals surface area contributed by atoms with Gasteiger partial charge in [-0.1, -0.05) is 24.7 Å². The van der Waals surface area contributed by atoms with Crippen molar-refractivity contribution >= 4 is 27.8 Å². The average Bonchev–Trinajstić information content (AvgIpc) is 3.02. The Hall–Kier alpha value is -1.56. The zero-order chi connectivity index (χ0) is 13.4. The van der Waals surface area contributed by atoms with Crippen molar-refractivity contribution in [3.8, 4) is 0 Å². The summed E-state index contributed by atoms with van der Waals surface area (Å²) in [4.78, 5) is 25.1. The van der Waals surface area contributed by atoms with Gasteiger partial charge >= 0.3 is 5.97 Å². The molecule has 0 aliphatic heterocycles. The van der Waals surface area contributed by atoms with Crippen molar-refractivity contribution in [1.29, 1.82) is 0 Å². The van der Waals surface area contributed by atoms with Crippen LogP contribution < -0.4 is 0 Å². The summed E-state index contributed by atoms with van der Waals surface area (Å²) in [5, 5.41) is 10.3. The van der Waals surface area contributed by atoms with E-state index in [2.05, 4.69) is 21.9 Å². The SMILES string of the molecule is CCC1CC(C(=O)O)C(c2nc3nccnc3s2)C1. The molecule has 1 aliphatic carbocycles. The van der Waals surface area contributed by atoms with Crippen LogP contribution in [0.3, 0.4) is 0 Å². The van der Waals surface area contributed by atoms with Gasteiger partial charge < -0.3 is 5.11 Å². The molecule has 0 spiro atoms. The summed E-state index contributed by atoms with van der Waals surface area (Å²) in [5.74, 6) is -0.519. The molecule has 3 rings (SSSR count). The number of aromatic nitrogens is 3. The molecular formula is C13H15N3O2S. The zero-order valence-corrected chi connectivity index (χ0v) is 11.4. The van der Waals surface area contributed by atoms with Crippen LogP contribution in [-0.2, 0) is 4.79 Å². The Morgan fingerprint density at radius 2 is 2.21 bits per heavy atom. The number of hydrogen-bond acceptors (Lipinski definition) is 5. The highest BCUT2D eigenvalue weighted by molar-refractivity contribution is 7.18. The molecule has 0 radical (unpaired) electrons. The summed E-state index contributed by atoms with van der Waals surface area (Å²) in [6.45, 7) is 2.12. The quantitative estimate of drug-likeness (QED) is 0.933. The molecule has 1 N–H and O–H groups in total. The van der Waals surface area contributed by atoms with Gasteiger partial charge in [-0.25, -0.2) is 15.0 Å². The Bertz CT molecular complexity index is 580. The van der Waals surface area contributed by atoms with Crippen molar-refractivity contribution in [3.05, 3.63) is 17.4 Å². The first kappa shape index (κ1) is 12.5. The monoisotopic (exact) mass is 277 g/mol. The van der Waals surface area contributed by atoms with E-state index in [9.17, 15) is 9.90 Å². The minimum atomic E-state index is -0.707. The summed E-state index contributed by atoms with van der Waals surface area (Å²) in [5.41, 5.74) is 0.631. The van der Waals surface area contributed by atoms with Crippen LogP contribution in [0.25, 0.3) is 10.5 Å². The summed E-state index contributed by atoms with van der Waals surface area (Å²) in [7, 11) is 0. The van der Waals surface area contributed by atoms with E-state index in [1.807, 2.05) is 0 Å². The number of carboxylic acid groups (broad SMARTS) is 1. The molecule has 1 saturated carbocycles. The molecule has 0 aromatic carbocycles. The van der Waals surface area contributed by atoms with Crippen molar-refractivity contribution in [2.24, 2.45) is 11.8 Å². The molecule has 1 aliphatic rings. The summed E-state index contributed by atoms with van der Waals surface area (Å²) >= 11 is 1.48. The van der Waals surface area contributed by atoms with Crippen molar-refractivity contribution in [1.82, 2.24) is 15.0 Å².